The van der Waals surface area contributed by atoms with Crippen molar-refractivity contribution in [3.63, 3.8) is 0 Å². The molecule has 0 aliphatic rings. The maximum atomic E-state index is 11.1. The Bertz CT molecular complexity index is 2730. The number of alkyl halides is 3. The molecule has 75 heavy (non-hydrogen) atoms. The topological polar surface area (TPSA) is 49.9 Å². The van der Waals surface area contributed by atoms with Crippen LogP contribution in [-0.4, -0.2) is 21.0 Å². The van der Waals surface area contributed by atoms with Gasteiger partial charge in [-0.1, -0.05) is 163 Å². The molecular formula is C66H75F3N2O3S. The molecule has 0 atom stereocenters. The van der Waals surface area contributed by atoms with E-state index in [-0.39, 0.29) is 0 Å². The Kier molecular flexibility index (Phi) is 21.7. The fourth-order valence-corrected chi connectivity index (χ4v) is 9.01. The molecule has 0 bridgehead atoms. The molecule has 5 nitrogen and oxygen atoms in total. The van der Waals surface area contributed by atoms with Crippen molar-refractivity contribution in [1.82, 2.24) is 0 Å². The van der Waals surface area contributed by atoms with E-state index in [9.17, 15) is 21.6 Å². The fourth-order valence-electron chi connectivity index (χ4n) is 8.82. The summed E-state index contributed by atoms with van der Waals surface area (Å²) in [4.78, 5) is 4.79. The van der Waals surface area contributed by atoms with Gasteiger partial charge >= 0.3 is 15.6 Å². The summed E-state index contributed by atoms with van der Waals surface area (Å²) in [6, 6.07) is 59.2. The van der Waals surface area contributed by atoms with E-state index < -0.39 is 15.6 Å². The standard InChI is InChI=1S/C64H72N2.C2H3F3O3S/c1-7-11-15-51-25-37-59(38-26-51)65(60-39-27-52(28-40-60)16-12-8-2)63-45-35-57(49(5)47-63)33-23-55-19-21-56(22-20-55)24-34-58-36-46-64(48-50(58)6)66(61-41-29-53(30-42-61)17-13-9-3)62-43-31-54(32-44-62)18-14-10-4;1-8-9(6,7)2(3,4)5/h19-48H,7-18H2,1-6H3;1H3/b33-23+,34-24+;. The molecule has 0 aromatic heterocycles. The smallest absolute Gasteiger partial charge is 0.310 e. The second-order valence-electron chi connectivity index (χ2n) is 19.2. The third-order valence-electron chi connectivity index (χ3n) is 13.4. The summed E-state index contributed by atoms with van der Waals surface area (Å²) in [5.41, 5.74) is 14.7. The SMILES string of the molecule is CCCCc1ccc(N(c2ccc(CCCC)cc2)c2ccc(/C=C/c3ccc(/C=C/c4ccc(N(c5ccc(CCCC)cc5)c5ccc(CCCC)cc5)cc4C)cc3)c(C)c2)cc1.COS(=O)(=O)C(F)(F)F. The van der Waals surface area contributed by atoms with Crippen LogP contribution in [0, 0.1) is 13.8 Å². The van der Waals surface area contributed by atoms with Crippen LogP contribution >= 0.6 is 0 Å². The minimum Gasteiger partial charge on any atom is -0.310 e. The zero-order chi connectivity index (χ0) is 53.8. The zero-order valence-electron chi connectivity index (χ0n) is 45.0. The lowest BCUT2D eigenvalue weighted by molar-refractivity contribution is -0.0526. The van der Waals surface area contributed by atoms with Gasteiger partial charge in [-0.25, -0.2) is 0 Å². The van der Waals surface area contributed by atoms with Gasteiger partial charge < -0.3 is 9.80 Å². The average Bonchev–Trinajstić information content (AvgIpc) is 3.42. The van der Waals surface area contributed by atoms with Crippen molar-refractivity contribution in [3.8, 4) is 0 Å². The maximum absolute atomic E-state index is 11.1. The number of anilines is 6. The zero-order valence-corrected chi connectivity index (χ0v) is 45.8. The molecule has 0 aliphatic heterocycles. The van der Waals surface area contributed by atoms with Gasteiger partial charge in [-0.3, -0.25) is 4.18 Å². The van der Waals surface area contributed by atoms with Crippen LogP contribution in [-0.2, 0) is 40.0 Å². The Balaban J connectivity index is 0.000000928. The summed E-state index contributed by atoms with van der Waals surface area (Å²) in [6.45, 7) is 13.5. The van der Waals surface area contributed by atoms with Crippen LogP contribution in [0.3, 0.4) is 0 Å². The van der Waals surface area contributed by atoms with E-state index in [1.54, 1.807) is 0 Å². The number of benzene rings is 7. The molecule has 0 saturated carbocycles. The van der Waals surface area contributed by atoms with Gasteiger partial charge in [0.2, 0.25) is 0 Å². The first-order valence-corrected chi connectivity index (χ1v) is 28.1. The fraction of sp³-hybridized carbons (Fsp3) is 0.303. The van der Waals surface area contributed by atoms with E-state index in [1.165, 1.54) is 141 Å². The summed E-state index contributed by atoms with van der Waals surface area (Å²) in [5.74, 6) is 0. The molecule has 0 fully saturated rings. The number of rotatable bonds is 23. The molecule has 7 aromatic carbocycles. The lowest BCUT2D eigenvalue weighted by Crippen LogP contribution is -2.23. The number of hydrogen-bond donors (Lipinski definition) is 0. The molecular weight excluding hydrogens is 958 g/mol. The molecule has 0 aliphatic carbocycles. The molecule has 394 valence electrons. The molecule has 7 rings (SSSR count). The first kappa shape index (κ1) is 57.6. The third kappa shape index (κ3) is 16.7. The van der Waals surface area contributed by atoms with E-state index in [0.717, 1.165) is 25.7 Å². The molecule has 0 radical (unpaired) electrons. The predicted molar refractivity (Wildman–Crippen MR) is 312 cm³/mol. The molecule has 0 amide bonds. The molecule has 0 heterocycles. The third-order valence-corrected chi connectivity index (χ3v) is 14.4. The van der Waals surface area contributed by atoms with Gasteiger partial charge in [-0.2, -0.15) is 21.6 Å². The Morgan fingerprint density at radius 3 is 0.893 bits per heavy atom. The van der Waals surface area contributed by atoms with E-state index in [1.807, 2.05) is 0 Å². The Labute approximate surface area is 446 Å². The minimum atomic E-state index is -5.34. The van der Waals surface area contributed by atoms with Crippen molar-refractivity contribution < 1.29 is 25.8 Å². The van der Waals surface area contributed by atoms with Crippen LogP contribution in [0.25, 0.3) is 24.3 Å². The van der Waals surface area contributed by atoms with Crippen molar-refractivity contribution >= 4 is 68.5 Å². The van der Waals surface area contributed by atoms with Crippen LogP contribution in [0.1, 0.15) is 135 Å². The van der Waals surface area contributed by atoms with Crippen molar-refractivity contribution in [2.24, 2.45) is 0 Å². The van der Waals surface area contributed by atoms with Crippen molar-refractivity contribution in [3.05, 3.63) is 213 Å². The van der Waals surface area contributed by atoms with Crippen LogP contribution in [0.4, 0.5) is 47.3 Å². The summed E-state index contributed by atoms with van der Waals surface area (Å²) in [5, 5.41) is 0. The summed E-state index contributed by atoms with van der Waals surface area (Å²) in [6.07, 6.45) is 23.2. The number of aryl methyl sites for hydroxylation is 6. The highest BCUT2D eigenvalue weighted by molar-refractivity contribution is 7.87. The molecule has 0 spiro atoms. The largest absolute Gasteiger partial charge is 0.523 e. The molecule has 9 heteroatoms. The first-order valence-electron chi connectivity index (χ1n) is 26.7. The highest BCUT2D eigenvalue weighted by Gasteiger charge is 2.46. The minimum absolute atomic E-state index is 0.447. The molecule has 0 saturated heterocycles. The Morgan fingerprint density at radius 1 is 0.413 bits per heavy atom. The van der Waals surface area contributed by atoms with Crippen LogP contribution in [0.15, 0.2) is 158 Å². The second-order valence-corrected chi connectivity index (χ2v) is 20.9. The van der Waals surface area contributed by atoms with E-state index in [2.05, 4.69) is 238 Å². The van der Waals surface area contributed by atoms with Gasteiger partial charge in [0.1, 0.15) is 0 Å². The quantitative estimate of drug-likeness (QED) is 0.0363. The second kappa shape index (κ2) is 28.3. The number of halogens is 3. The molecule has 7 aromatic rings. The van der Waals surface area contributed by atoms with Gasteiger partial charge in [0.25, 0.3) is 0 Å². The highest BCUT2D eigenvalue weighted by Crippen LogP contribution is 2.38. The maximum Gasteiger partial charge on any atom is 0.523 e. The van der Waals surface area contributed by atoms with E-state index in [4.69, 9.17) is 0 Å². The average molecular weight is 1030 g/mol. The number of hydrogen-bond acceptors (Lipinski definition) is 5. The molecule has 0 unspecified atom stereocenters. The van der Waals surface area contributed by atoms with Crippen molar-refractivity contribution in [2.45, 2.75) is 124 Å². The van der Waals surface area contributed by atoms with Crippen LogP contribution in [0.5, 0.6) is 0 Å². The summed E-state index contributed by atoms with van der Waals surface area (Å²) in [7, 11) is -4.89. The Hall–Kier alpha value is -6.68. The van der Waals surface area contributed by atoms with Gasteiger partial charge in [0, 0.05) is 34.1 Å². The first-order chi connectivity index (χ1) is 36.2. The normalized spacial score (nSPS) is 11.8. The van der Waals surface area contributed by atoms with E-state index >= 15 is 0 Å². The summed E-state index contributed by atoms with van der Waals surface area (Å²) >= 11 is 0. The van der Waals surface area contributed by atoms with Crippen LogP contribution < -0.4 is 9.80 Å². The predicted octanol–water partition coefficient (Wildman–Crippen LogP) is 19.4. The van der Waals surface area contributed by atoms with Crippen LogP contribution in [0.2, 0.25) is 0 Å². The van der Waals surface area contributed by atoms with Gasteiger partial charge in [-0.15, -0.1) is 0 Å². The van der Waals surface area contributed by atoms with Gasteiger partial charge in [0.15, 0.2) is 0 Å². The van der Waals surface area contributed by atoms with E-state index in [0.29, 0.717) is 7.11 Å². The van der Waals surface area contributed by atoms with Crippen molar-refractivity contribution in [1.29, 1.82) is 0 Å². The lowest BCUT2D eigenvalue weighted by atomic mass is 10.0. The highest BCUT2D eigenvalue weighted by atomic mass is 32.2. The van der Waals surface area contributed by atoms with Crippen molar-refractivity contribution in [2.75, 3.05) is 16.9 Å². The number of unbranched alkanes of at least 4 members (excludes halogenated alkanes) is 4. The number of nitrogens with zero attached hydrogens (tertiary/aromatic N) is 2. The monoisotopic (exact) mass is 1030 g/mol. The molecule has 0 N–H and O–H groups in total. The van der Waals surface area contributed by atoms with Gasteiger partial charge in [-0.05, 0) is 194 Å². The summed E-state index contributed by atoms with van der Waals surface area (Å²) < 4.78 is 55.9. The van der Waals surface area contributed by atoms with Gasteiger partial charge in [0.05, 0.1) is 7.11 Å². The Morgan fingerprint density at radius 2 is 0.680 bits per heavy atom. The lowest BCUT2D eigenvalue weighted by Gasteiger charge is -2.26.